The van der Waals surface area contributed by atoms with Crippen LogP contribution in [0.5, 0.6) is 0 Å². The topological polar surface area (TPSA) is 35.6 Å². The highest BCUT2D eigenvalue weighted by Gasteiger charge is 2.25. The van der Waals surface area contributed by atoms with Crippen LogP contribution >= 0.6 is 0 Å². The summed E-state index contributed by atoms with van der Waals surface area (Å²) in [4.78, 5) is 9.17. The van der Waals surface area contributed by atoms with Crippen LogP contribution in [-0.4, -0.2) is 35.2 Å². The van der Waals surface area contributed by atoms with Crippen molar-refractivity contribution >= 4 is 70.1 Å². The summed E-state index contributed by atoms with van der Waals surface area (Å²) >= 11 is 0. The van der Waals surface area contributed by atoms with Gasteiger partial charge in [0.25, 0.3) is 0 Å². The number of rotatable bonds is 6. The number of aryl methyl sites for hydroxylation is 2. The van der Waals surface area contributed by atoms with Gasteiger partial charge in [-0.2, -0.15) is 0 Å². The highest BCUT2D eigenvalue weighted by molar-refractivity contribution is 6.89. The first-order valence-corrected chi connectivity index (χ1v) is 28.2. The molecule has 0 atom stereocenters. The summed E-state index contributed by atoms with van der Waals surface area (Å²) in [6.07, 6.45) is 9.69. The van der Waals surface area contributed by atoms with E-state index in [0.717, 1.165) is 24.2 Å². The van der Waals surface area contributed by atoms with Crippen molar-refractivity contribution in [1.82, 2.24) is 19.1 Å². The second-order valence-corrected chi connectivity index (χ2v) is 28.9. The average Bonchev–Trinajstić information content (AvgIpc) is 3.76. The van der Waals surface area contributed by atoms with Crippen molar-refractivity contribution < 1.29 is 0 Å². The van der Waals surface area contributed by atoms with Crippen molar-refractivity contribution in [2.45, 2.75) is 52.1 Å². The first kappa shape index (κ1) is 36.7. The molecule has 0 radical (unpaired) electrons. The molecule has 292 valence electrons. The summed E-state index contributed by atoms with van der Waals surface area (Å²) in [5, 5.41) is 8.09. The lowest BCUT2D eigenvalue weighted by Crippen LogP contribution is -2.37. The third kappa shape index (κ3) is 6.00. The van der Waals surface area contributed by atoms with Crippen molar-refractivity contribution in [2.24, 2.45) is 0 Å². The predicted octanol–water partition coefficient (Wildman–Crippen LogP) is 12.9. The van der Waals surface area contributed by atoms with Gasteiger partial charge < -0.3 is 9.13 Å². The highest BCUT2D eigenvalue weighted by Crippen LogP contribution is 2.45. The zero-order valence-corrected chi connectivity index (χ0v) is 37.2. The normalized spacial score (nSPS) is 13.0. The minimum absolute atomic E-state index is 0.997. The van der Waals surface area contributed by atoms with Crippen LogP contribution in [0.3, 0.4) is 0 Å². The minimum Gasteiger partial charge on any atom is -0.308 e. The molecule has 4 aromatic heterocycles. The van der Waals surface area contributed by atoms with Gasteiger partial charge in [0.1, 0.15) is 0 Å². The maximum Gasteiger partial charge on any atom is 0.0776 e. The van der Waals surface area contributed by atoms with Gasteiger partial charge in [0.2, 0.25) is 0 Å². The zero-order chi connectivity index (χ0) is 40.9. The molecule has 6 heteroatoms. The summed E-state index contributed by atoms with van der Waals surface area (Å²) in [5.74, 6) is 0. The van der Waals surface area contributed by atoms with Gasteiger partial charge in [0, 0.05) is 33.9 Å². The highest BCUT2D eigenvalue weighted by atomic mass is 28.3. The fourth-order valence-electron chi connectivity index (χ4n) is 9.62. The molecule has 4 heterocycles. The van der Waals surface area contributed by atoms with Gasteiger partial charge in [-0.1, -0.05) is 110 Å². The van der Waals surface area contributed by atoms with Crippen LogP contribution in [0.25, 0.3) is 88.4 Å². The molecule has 0 saturated heterocycles. The quantitative estimate of drug-likeness (QED) is 0.157. The second kappa shape index (κ2) is 13.6. The van der Waals surface area contributed by atoms with Crippen molar-refractivity contribution in [1.29, 1.82) is 0 Å². The van der Waals surface area contributed by atoms with E-state index in [2.05, 4.69) is 180 Å². The van der Waals surface area contributed by atoms with Gasteiger partial charge in [0.05, 0.1) is 62.0 Å². The molecule has 10 aromatic rings. The Balaban J connectivity index is 1.13. The Hall–Kier alpha value is -6.35. The second-order valence-electron chi connectivity index (χ2n) is 18.8. The van der Waals surface area contributed by atoms with E-state index in [0.29, 0.717) is 0 Å². The number of nitrogens with zero attached hydrogens (tertiary/aromatic N) is 4. The smallest absolute Gasteiger partial charge is 0.0776 e. The lowest BCUT2D eigenvalue weighted by Gasteiger charge is -2.21. The average molecular weight is 809 g/mol. The third-order valence-corrected chi connectivity index (χ3v) is 17.0. The number of hydrogen-bond acceptors (Lipinski definition) is 2. The maximum absolute atomic E-state index is 4.59. The number of fused-ring (bicyclic) bond motifs is 9. The molecule has 60 heavy (non-hydrogen) atoms. The fourth-order valence-corrected chi connectivity index (χ4v) is 12.0. The summed E-state index contributed by atoms with van der Waals surface area (Å²) < 4.78 is 4.83. The SMILES string of the molecule is C[Si](C)(C)c1cccc(-c2ccc3c(c2)c2cc4c(cc2n3-c2cccnc2)-c2cc3c(cc2CC4)c2cc(-c4cccc([Si](C)(C)C)c4)ccc2n3-c2cccnc2)c1. The van der Waals surface area contributed by atoms with E-state index in [1.54, 1.807) is 0 Å². The van der Waals surface area contributed by atoms with E-state index < -0.39 is 16.1 Å². The van der Waals surface area contributed by atoms with Gasteiger partial charge in [0.15, 0.2) is 0 Å². The molecule has 6 aromatic carbocycles. The summed E-state index contributed by atoms with van der Waals surface area (Å²) in [7, 11) is -2.94. The van der Waals surface area contributed by atoms with Gasteiger partial charge in [-0.25, -0.2) is 0 Å². The Kier molecular flexibility index (Phi) is 8.32. The lowest BCUT2D eigenvalue weighted by atomic mass is 9.84. The van der Waals surface area contributed by atoms with E-state index in [1.165, 1.54) is 98.5 Å². The molecule has 0 saturated carbocycles. The Morgan fingerprint density at radius 3 is 1.22 bits per heavy atom. The van der Waals surface area contributed by atoms with Crippen molar-refractivity contribution in [3.8, 4) is 44.8 Å². The van der Waals surface area contributed by atoms with E-state index in [-0.39, 0.29) is 0 Å². The molecular weight excluding hydrogens is 761 g/mol. The summed E-state index contributed by atoms with van der Waals surface area (Å²) in [6.45, 7) is 14.5. The largest absolute Gasteiger partial charge is 0.308 e. The Morgan fingerprint density at radius 1 is 0.400 bits per heavy atom. The fraction of sp³-hybridized carbons (Fsp3) is 0.148. The van der Waals surface area contributed by atoms with Gasteiger partial charge in [-0.05, 0) is 130 Å². The van der Waals surface area contributed by atoms with Gasteiger partial charge in [-0.3, -0.25) is 9.97 Å². The van der Waals surface area contributed by atoms with E-state index in [1.807, 2.05) is 36.9 Å². The number of benzene rings is 6. The number of hydrogen-bond donors (Lipinski definition) is 0. The molecule has 0 N–H and O–H groups in total. The lowest BCUT2D eigenvalue weighted by molar-refractivity contribution is 0.946. The third-order valence-electron chi connectivity index (χ3n) is 12.9. The predicted molar refractivity (Wildman–Crippen MR) is 260 cm³/mol. The molecule has 0 fully saturated rings. The van der Waals surface area contributed by atoms with Crippen LogP contribution in [-0.2, 0) is 12.8 Å². The monoisotopic (exact) mass is 808 g/mol. The zero-order valence-electron chi connectivity index (χ0n) is 35.2. The maximum atomic E-state index is 4.59. The van der Waals surface area contributed by atoms with Crippen LogP contribution in [0.4, 0.5) is 0 Å². The van der Waals surface area contributed by atoms with Crippen molar-refractivity contribution in [3.05, 3.63) is 169 Å². The van der Waals surface area contributed by atoms with Crippen LogP contribution < -0.4 is 10.4 Å². The Bertz CT molecular complexity index is 3100. The number of pyridine rings is 2. The van der Waals surface area contributed by atoms with Gasteiger partial charge >= 0.3 is 0 Å². The van der Waals surface area contributed by atoms with E-state index >= 15 is 0 Å². The van der Waals surface area contributed by atoms with E-state index in [4.69, 9.17) is 0 Å². The first-order chi connectivity index (χ1) is 29.0. The molecule has 0 spiro atoms. The molecule has 0 amide bonds. The van der Waals surface area contributed by atoms with Crippen LogP contribution in [0, 0.1) is 0 Å². The molecule has 1 aliphatic rings. The standard InChI is InChI=1S/C54H48N4Si2/c1-59(2,3)43-15-7-11-35(25-43)37-19-21-51-47(27-37)49-29-39-17-18-40-30-50-48-28-38(36-12-8-16-44(26-36)60(4,5)6)20-22-52(48)58(42-14-10-24-56-34-42)54(50)32-46(40)45(39)31-53(49)57(51)41-13-9-23-55-33-41/h7-16,19-34H,17-18H2,1-6H3. The van der Waals surface area contributed by atoms with Crippen molar-refractivity contribution in [3.63, 3.8) is 0 Å². The Morgan fingerprint density at radius 2 is 0.817 bits per heavy atom. The van der Waals surface area contributed by atoms with Crippen LogP contribution in [0.15, 0.2) is 158 Å². The molecule has 11 rings (SSSR count). The molecule has 0 bridgehead atoms. The van der Waals surface area contributed by atoms with Crippen LogP contribution in [0.1, 0.15) is 11.1 Å². The molecule has 0 aliphatic heterocycles. The number of aromatic nitrogens is 4. The summed E-state index contributed by atoms with van der Waals surface area (Å²) in [6, 6.07) is 50.9. The Labute approximate surface area is 353 Å². The summed E-state index contributed by atoms with van der Waals surface area (Å²) in [5.41, 5.74) is 17.5. The van der Waals surface area contributed by atoms with E-state index in [9.17, 15) is 0 Å². The minimum atomic E-state index is -1.47. The molecular formula is C54H48N4Si2. The molecule has 0 unspecified atom stereocenters. The molecule has 1 aliphatic carbocycles. The van der Waals surface area contributed by atoms with Crippen LogP contribution in [0.2, 0.25) is 39.3 Å². The molecule has 4 nitrogen and oxygen atoms in total. The first-order valence-electron chi connectivity index (χ1n) is 21.2. The van der Waals surface area contributed by atoms with Crippen molar-refractivity contribution in [2.75, 3.05) is 0 Å². The van der Waals surface area contributed by atoms with Gasteiger partial charge in [-0.15, -0.1) is 0 Å².